The lowest BCUT2D eigenvalue weighted by atomic mass is 9.93. The Balaban J connectivity index is 1.58. The Morgan fingerprint density at radius 3 is 2.63 bits per heavy atom. The zero-order valence-corrected chi connectivity index (χ0v) is 15.5. The fraction of sp³-hybridized carbons (Fsp3) is 0.333. The summed E-state index contributed by atoms with van der Waals surface area (Å²) < 4.78 is 14.3. The molecule has 0 unspecified atom stereocenters. The molecule has 2 aromatic rings. The van der Waals surface area contributed by atoms with Crippen LogP contribution in [0.15, 0.2) is 48.5 Å². The lowest BCUT2D eigenvalue weighted by Gasteiger charge is -2.36. The van der Waals surface area contributed by atoms with Gasteiger partial charge in [0.05, 0.1) is 16.5 Å². The number of halogens is 2. The highest BCUT2D eigenvalue weighted by Gasteiger charge is 2.42. The molecular weight excluding hydrogens is 367 g/mol. The topological polar surface area (TPSA) is 40.6 Å². The minimum absolute atomic E-state index is 0.0362. The summed E-state index contributed by atoms with van der Waals surface area (Å²) in [5.74, 6) is -1.26. The molecule has 0 saturated carbocycles. The van der Waals surface area contributed by atoms with Gasteiger partial charge in [0, 0.05) is 25.7 Å². The molecular formula is C21H20ClFN2O2. The number of nitrogens with zero attached hydrogens (tertiary/aromatic N) is 2. The summed E-state index contributed by atoms with van der Waals surface area (Å²) in [5.41, 5.74) is 1.03. The van der Waals surface area contributed by atoms with Crippen LogP contribution >= 0.6 is 11.6 Å². The standard InChI is InChI=1S/C21H20ClFN2O2/c22-18-8-4-7-17(19(18)23)21(27)24-12-15-9-10-16(13-24)25(20(15)26)11-14-5-2-1-3-6-14/h1-8,15-16H,9-13H2/t15-,16+/m0/s1. The van der Waals surface area contributed by atoms with Gasteiger partial charge in [0.1, 0.15) is 0 Å². The monoisotopic (exact) mass is 386 g/mol. The van der Waals surface area contributed by atoms with Gasteiger partial charge < -0.3 is 9.80 Å². The van der Waals surface area contributed by atoms with Crippen LogP contribution in [-0.2, 0) is 11.3 Å². The van der Waals surface area contributed by atoms with Crippen molar-refractivity contribution >= 4 is 23.4 Å². The quantitative estimate of drug-likeness (QED) is 0.806. The van der Waals surface area contributed by atoms with E-state index in [0.29, 0.717) is 19.6 Å². The van der Waals surface area contributed by atoms with Gasteiger partial charge in [0.2, 0.25) is 5.91 Å². The first kappa shape index (κ1) is 18.0. The highest BCUT2D eigenvalue weighted by molar-refractivity contribution is 6.31. The van der Waals surface area contributed by atoms with Crippen LogP contribution in [0.25, 0.3) is 0 Å². The molecule has 5 rings (SSSR count). The van der Waals surface area contributed by atoms with Crippen molar-refractivity contribution in [3.63, 3.8) is 0 Å². The van der Waals surface area contributed by atoms with E-state index in [9.17, 15) is 14.0 Å². The van der Waals surface area contributed by atoms with Gasteiger partial charge in [0.25, 0.3) is 5.91 Å². The molecule has 0 radical (unpaired) electrons. The molecule has 6 heteroatoms. The van der Waals surface area contributed by atoms with Crippen molar-refractivity contribution in [1.82, 2.24) is 9.80 Å². The molecule has 3 aliphatic rings. The predicted octanol–water partition coefficient (Wildman–Crippen LogP) is 3.74. The van der Waals surface area contributed by atoms with Crippen molar-refractivity contribution in [2.24, 2.45) is 5.92 Å². The molecule has 3 saturated heterocycles. The van der Waals surface area contributed by atoms with Crippen LogP contribution in [0.3, 0.4) is 0 Å². The number of fused-ring (bicyclic) bond motifs is 4. The van der Waals surface area contributed by atoms with E-state index in [4.69, 9.17) is 11.6 Å². The summed E-state index contributed by atoms with van der Waals surface area (Å²) in [4.78, 5) is 29.3. The van der Waals surface area contributed by atoms with E-state index in [0.717, 1.165) is 18.4 Å². The highest BCUT2D eigenvalue weighted by atomic mass is 35.5. The molecule has 3 aliphatic heterocycles. The van der Waals surface area contributed by atoms with Crippen LogP contribution in [0.4, 0.5) is 4.39 Å². The minimum Gasteiger partial charge on any atom is -0.336 e. The Labute approximate surface area is 162 Å². The van der Waals surface area contributed by atoms with Gasteiger partial charge in [-0.3, -0.25) is 9.59 Å². The first-order valence-electron chi connectivity index (χ1n) is 9.12. The first-order chi connectivity index (χ1) is 13.0. The Kier molecular flexibility index (Phi) is 4.87. The van der Waals surface area contributed by atoms with Crippen molar-refractivity contribution in [2.45, 2.75) is 25.4 Å². The molecule has 0 spiro atoms. The van der Waals surface area contributed by atoms with Crippen molar-refractivity contribution < 1.29 is 14.0 Å². The molecule has 140 valence electrons. The number of amides is 2. The third-order valence-electron chi connectivity index (χ3n) is 5.46. The Morgan fingerprint density at radius 2 is 1.85 bits per heavy atom. The number of rotatable bonds is 3. The Hall–Kier alpha value is -2.40. The van der Waals surface area contributed by atoms with Gasteiger partial charge in [-0.05, 0) is 30.5 Å². The van der Waals surface area contributed by atoms with Crippen molar-refractivity contribution in [1.29, 1.82) is 0 Å². The second-order valence-electron chi connectivity index (χ2n) is 7.19. The summed E-state index contributed by atoms with van der Waals surface area (Å²) in [5, 5.41) is -0.0691. The fourth-order valence-corrected chi connectivity index (χ4v) is 4.21. The van der Waals surface area contributed by atoms with E-state index in [2.05, 4.69) is 0 Å². The second-order valence-corrected chi connectivity index (χ2v) is 7.60. The van der Waals surface area contributed by atoms with Gasteiger partial charge in [0.15, 0.2) is 5.82 Å². The van der Waals surface area contributed by atoms with E-state index in [1.165, 1.54) is 12.1 Å². The van der Waals surface area contributed by atoms with Crippen LogP contribution in [0.1, 0.15) is 28.8 Å². The number of carbonyl (C=O) groups excluding carboxylic acids is 2. The van der Waals surface area contributed by atoms with Crippen LogP contribution in [0.5, 0.6) is 0 Å². The molecule has 2 amide bonds. The second kappa shape index (κ2) is 7.31. The maximum Gasteiger partial charge on any atom is 0.256 e. The van der Waals surface area contributed by atoms with E-state index >= 15 is 0 Å². The van der Waals surface area contributed by atoms with Gasteiger partial charge in [-0.15, -0.1) is 0 Å². The van der Waals surface area contributed by atoms with E-state index < -0.39 is 11.7 Å². The molecule has 0 N–H and O–H groups in total. The van der Waals surface area contributed by atoms with Crippen LogP contribution in [-0.4, -0.2) is 40.7 Å². The maximum absolute atomic E-state index is 14.3. The lowest BCUT2D eigenvalue weighted by Crippen LogP contribution is -2.47. The smallest absolute Gasteiger partial charge is 0.256 e. The minimum atomic E-state index is -0.701. The molecule has 2 atom stereocenters. The van der Waals surface area contributed by atoms with E-state index in [1.54, 1.807) is 11.0 Å². The van der Waals surface area contributed by atoms with Gasteiger partial charge in [-0.1, -0.05) is 48.0 Å². The number of benzene rings is 2. The summed E-state index contributed by atoms with van der Waals surface area (Å²) in [6.45, 7) is 1.28. The summed E-state index contributed by atoms with van der Waals surface area (Å²) in [7, 11) is 0. The number of hydrogen-bond donors (Lipinski definition) is 0. The SMILES string of the molecule is O=C(c1cccc(Cl)c1F)N1C[C@@H]2CC[C@H](C1)N(Cc1ccccc1)C2=O. The van der Waals surface area contributed by atoms with Crippen LogP contribution < -0.4 is 0 Å². The zero-order chi connectivity index (χ0) is 19.0. The molecule has 0 aromatic heterocycles. The lowest BCUT2D eigenvalue weighted by molar-refractivity contribution is -0.140. The summed E-state index contributed by atoms with van der Waals surface area (Å²) in [6, 6.07) is 14.2. The molecule has 4 nitrogen and oxygen atoms in total. The average Bonchev–Trinajstić information content (AvgIpc) is 2.97. The number of hydrogen-bond acceptors (Lipinski definition) is 2. The normalized spacial score (nSPS) is 22.1. The van der Waals surface area contributed by atoms with Gasteiger partial charge in [-0.2, -0.15) is 0 Å². The Morgan fingerprint density at radius 1 is 1.07 bits per heavy atom. The predicted molar refractivity (Wildman–Crippen MR) is 101 cm³/mol. The largest absolute Gasteiger partial charge is 0.336 e. The zero-order valence-electron chi connectivity index (χ0n) is 14.8. The molecule has 3 fully saturated rings. The van der Waals surface area contributed by atoms with Crippen molar-refractivity contribution in [3.05, 3.63) is 70.5 Å². The highest BCUT2D eigenvalue weighted by Crippen LogP contribution is 2.31. The fourth-order valence-electron chi connectivity index (χ4n) is 4.03. The average molecular weight is 387 g/mol. The first-order valence-corrected chi connectivity index (χ1v) is 9.50. The third kappa shape index (κ3) is 3.44. The molecule has 0 aliphatic carbocycles. The van der Waals surface area contributed by atoms with E-state index in [1.807, 2.05) is 35.2 Å². The van der Waals surface area contributed by atoms with Crippen molar-refractivity contribution in [2.75, 3.05) is 13.1 Å². The summed E-state index contributed by atoms with van der Waals surface area (Å²) >= 11 is 5.83. The van der Waals surface area contributed by atoms with Gasteiger partial charge >= 0.3 is 0 Å². The van der Waals surface area contributed by atoms with Crippen LogP contribution in [0, 0.1) is 11.7 Å². The van der Waals surface area contributed by atoms with Crippen LogP contribution in [0.2, 0.25) is 5.02 Å². The van der Waals surface area contributed by atoms with Crippen molar-refractivity contribution in [3.8, 4) is 0 Å². The molecule has 3 heterocycles. The van der Waals surface area contributed by atoms with E-state index in [-0.39, 0.29) is 28.5 Å². The molecule has 27 heavy (non-hydrogen) atoms. The summed E-state index contributed by atoms with van der Waals surface area (Å²) in [6.07, 6.45) is 1.61. The molecule has 2 bridgehead atoms. The molecule has 2 aromatic carbocycles. The van der Waals surface area contributed by atoms with Gasteiger partial charge in [-0.25, -0.2) is 4.39 Å². The maximum atomic E-state index is 14.3. The number of carbonyl (C=O) groups is 2. The third-order valence-corrected chi connectivity index (χ3v) is 5.75. The Bertz CT molecular complexity index is 874. The number of piperidine rings is 1.